The molecule has 0 spiro atoms. The lowest BCUT2D eigenvalue weighted by molar-refractivity contribution is 0.0946. The van der Waals surface area contributed by atoms with Gasteiger partial charge in [0.1, 0.15) is 5.69 Å². The monoisotopic (exact) mass is 297 g/mol. The Labute approximate surface area is 129 Å². The van der Waals surface area contributed by atoms with Crippen molar-refractivity contribution < 1.29 is 4.79 Å². The lowest BCUT2D eigenvalue weighted by Gasteiger charge is -2.26. The van der Waals surface area contributed by atoms with Crippen molar-refractivity contribution in [3.05, 3.63) is 48.0 Å². The van der Waals surface area contributed by atoms with Crippen molar-refractivity contribution in [1.29, 1.82) is 0 Å². The summed E-state index contributed by atoms with van der Waals surface area (Å²) in [7, 11) is 0. The molecule has 6 heteroatoms. The Hall–Kier alpha value is -2.50. The molecule has 114 valence electrons. The van der Waals surface area contributed by atoms with Crippen molar-refractivity contribution in [3.8, 4) is 0 Å². The zero-order chi connectivity index (χ0) is 15.2. The molecule has 3 rings (SSSR count). The quantitative estimate of drug-likeness (QED) is 0.931. The van der Waals surface area contributed by atoms with E-state index in [0.717, 1.165) is 31.5 Å². The third-order valence-electron chi connectivity index (χ3n) is 3.72. The largest absolute Gasteiger partial charge is 0.347 e. The smallest absolute Gasteiger partial charge is 0.270 e. The zero-order valence-corrected chi connectivity index (χ0v) is 12.4. The topological polar surface area (TPSA) is 71.0 Å². The van der Waals surface area contributed by atoms with Crippen molar-refractivity contribution in [1.82, 2.24) is 20.3 Å². The predicted octanol–water partition coefficient (Wildman–Crippen LogP) is 1.79. The highest BCUT2D eigenvalue weighted by atomic mass is 16.1. The molecule has 3 heterocycles. The fourth-order valence-corrected chi connectivity index (χ4v) is 2.49. The third kappa shape index (κ3) is 3.58. The second kappa shape index (κ2) is 6.98. The molecule has 0 atom stereocenters. The molecule has 1 aliphatic heterocycles. The molecule has 0 aromatic carbocycles. The van der Waals surface area contributed by atoms with Crippen molar-refractivity contribution in [2.45, 2.75) is 25.8 Å². The molecule has 1 aliphatic rings. The first kappa shape index (κ1) is 14.4. The van der Waals surface area contributed by atoms with Crippen molar-refractivity contribution >= 4 is 11.9 Å². The molecule has 0 saturated carbocycles. The van der Waals surface area contributed by atoms with Gasteiger partial charge >= 0.3 is 0 Å². The highest BCUT2D eigenvalue weighted by Gasteiger charge is 2.15. The number of pyridine rings is 1. The summed E-state index contributed by atoms with van der Waals surface area (Å²) in [5, 5.41) is 2.87. The van der Waals surface area contributed by atoms with Gasteiger partial charge in [0.25, 0.3) is 5.91 Å². The van der Waals surface area contributed by atoms with Gasteiger partial charge in [-0.25, -0.2) is 9.97 Å². The average molecular weight is 297 g/mol. The molecule has 0 radical (unpaired) electrons. The number of aromatic nitrogens is 3. The van der Waals surface area contributed by atoms with Crippen molar-refractivity contribution in [3.63, 3.8) is 0 Å². The molecule has 6 nitrogen and oxygen atoms in total. The van der Waals surface area contributed by atoms with Gasteiger partial charge in [0.05, 0.1) is 0 Å². The summed E-state index contributed by atoms with van der Waals surface area (Å²) in [5.74, 6) is 0.466. The Morgan fingerprint density at radius 2 is 1.86 bits per heavy atom. The van der Waals surface area contributed by atoms with Gasteiger partial charge in [0.2, 0.25) is 5.95 Å². The van der Waals surface area contributed by atoms with E-state index in [4.69, 9.17) is 0 Å². The maximum absolute atomic E-state index is 12.2. The van der Waals surface area contributed by atoms with Crippen LogP contribution in [0.4, 0.5) is 5.95 Å². The number of hydrogen-bond acceptors (Lipinski definition) is 5. The van der Waals surface area contributed by atoms with Crippen LogP contribution in [0.5, 0.6) is 0 Å². The lowest BCUT2D eigenvalue weighted by Crippen LogP contribution is -2.32. The average Bonchev–Trinajstić information content (AvgIpc) is 2.61. The molecular formula is C16H19N5O. The van der Waals surface area contributed by atoms with Gasteiger partial charge in [-0.05, 0) is 43.0 Å². The molecule has 2 aromatic rings. The highest BCUT2D eigenvalue weighted by molar-refractivity contribution is 5.92. The van der Waals surface area contributed by atoms with E-state index in [-0.39, 0.29) is 5.91 Å². The van der Waals surface area contributed by atoms with Crippen LogP contribution in [-0.2, 0) is 6.54 Å². The molecule has 1 amide bonds. The normalized spacial score (nSPS) is 14.6. The maximum Gasteiger partial charge on any atom is 0.270 e. The Kier molecular flexibility index (Phi) is 4.58. The molecule has 2 aromatic heterocycles. The summed E-state index contributed by atoms with van der Waals surface area (Å²) in [6.07, 6.45) is 8.63. The van der Waals surface area contributed by atoms with E-state index in [9.17, 15) is 4.79 Å². The number of piperidine rings is 1. The molecule has 0 unspecified atom stereocenters. The van der Waals surface area contributed by atoms with Crippen molar-refractivity contribution in [2.75, 3.05) is 18.0 Å². The Balaban J connectivity index is 1.64. The first-order valence-electron chi connectivity index (χ1n) is 7.58. The summed E-state index contributed by atoms with van der Waals surface area (Å²) in [5.41, 5.74) is 1.42. The second-order valence-corrected chi connectivity index (χ2v) is 5.33. The van der Waals surface area contributed by atoms with Gasteiger partial charge in [-0.15, -0.1) is 0 Å². The zero-order valence-electron chi connectivity index (χ0n) is 12.4. The van der Waals surface area contributed by atoms with E-state index in [1.165, 1.54) is 6.42 Å². The predicted molar refractivity (Wildman–Crippen MR) is 83.5 cm³/mol. The summed E-state index contributed by atoms with van der Waals surface area (Å²) >= 11 is 0. The van der Waals surface area contributed by atoms with E-state index >= 15 is 0 Å². The van der Waals surface area contributed by atoms with Gasteiger partial charge in [-0.1, -0.05) is 0 Å². The molecular weight excluding hydrogens is 278 g/mol. The van der Waals surface area contributed by atoms with Gasteiger partial charge in [0, 0.05) is 38.2 Å². The highest BCUT2D eigenvalue weighted by Crippen LogP contribution is 2.15. The number of amides is 1. The first-order valence-corrected chi connectivity index (χ1v) is 7.58. The number of carbonyl (C=O) groups excluding carboxylic acids is 1. The minimum Gasteiger partial charge on any atom is -0.347 e. The SMILES string of the molecule is O=C(NCc1ccncc1)c1ccnc(N2CCCCC2)n1. The van der Waals surface area contributed by atoms with Crippen LogP contribution < -0.4 is 10.2 Å². The third-order valence-corrected chi connectivity index (χ3v) is 3.72. The molecule has 1 saturated heterocycles. The van der Waals surface area contributed by atoms with Crippen LogP contribution in [0.25, 0.3) is 0 Å². The number of carbonyl (C=O) groups is 1. The first-order chi connectivity index (χ1) is 10.8. The number of anilines is 1. The van der Waals surface area contributed by atoms with Crippen LogP contribution >= 0.6 is 0 Å². The number of rotatable bonds is 4. The molecule has 0 bridgehead atoms. The van der Waals surface area contributed by atoms with Gasteiger partial charge < -0.3 is 10.2 Å². The van der Waals surface area contributed by atoms with E-state index in [1.807, 2.05) is 12.1 Å². The fourth-order valence-electron chi connectivity index (χ4n) is 2.49. The molecule has 0 aliphatic carbocycles. The van der Waals surface area contributed by atoms with Crippen LogP contribution in [0, 0.1) is 0 Å². The molecule has 1 N–H and O–H groups in total. The van der Waals surface area contributed by atoms with Gasteiger partial charge in [0.15, 0.2) is 0 Å². The summed E-state index contributed by atoms with van der Waals surface area (Å²) in [6, 6.07) is 5.40. The minimum absolute atomic E-state index is 0.183. The van der Waals surface area contributed by atoms with Crippen LogP contribution in [0.2, 0.25) is 0 Å². The number of hydrogen-bond donors (Lipinski definition) is 1. The molecule has 1 fully saturated rings. The summed E-state index contributed by atoms with van der Waals surface area (Å²) in [4.78, 5) is 27.0. The van der Waals surface area contributed by atoms with E-state index in [0.29, 0.717) is 18.2 Å². The summed E-state index contributed by atoms with van der Waals surface area (Å²) < 4.78 is 0. The lowest BCUT2D eigenvalue weighted by atomic mass is 10.1. The van der Waals surface area contributed by atoms with Crippen LogP contribution in [-0.4, -0.2) is 33.9 Å². The van der Waals surface area contributed by atoms with Crippen molar-refractivity contribution in [2.24, 2.45) is 0 Å². The van der Waals surface area contributed by atoms with Gasteiger partial charge in [-0.2, -0.15) is 0 Å². The Morgan fingerprint density at radius 1 is 1.09 bits per heavy atom. The van der Waals surface area contributed by atoms with Gasteiger partial charge in [-0.3, -0.25) is 9.78 Å². The fraction of sp³-hybridized carbons (Fsp3) is 0.375. The standard InChI is InChI=1S/C16H19N5O/c22-15(19-12-13-4-7-17-8-5-13)14-6-9-18-16(20-14)21-10-2-1-3-11-21/h4-9H,1-3,10-12H2,(H,19,22). The second-order valence-electron chi connectivity index (χ2n) is 5.33. The minimum atomic E-state index is -0.183. The molecule has 22 heavy (non-hydrogen) atoms. The maximum atomic E-state index is 12.2. The van der Waals surface area contributed by atoms with Crippen LogP contribution in [0.1, 0.15) is 35.3 Å². The van der Waals surface area contributed by atoms with E-state index in [1.54, 1.807) is 24.7 Å². The number of nitrogens with zero attached hydrogens (tertiary/aromatic N) is 4. The number of nitrogens with one attached hydrogen (secondary N) is 1. The summed E-state index contributed by atoms with van der Waals surface area (Å²) in [6.45, 7) is 2.38. The van der Waals surface area contributed by atoms with E-state index in [2.05, 4.69) is 25.2 Å². The van der Waals surface area contributed by atoms with Crippen LogP contribution in [0.15, 0.2) is 36.8 Å². The van der Waals surface area contributed by atoms with Crippen LogP contribution in [0.3, 0.4) is 0 Å². The Morgan fingerprint density at radius 3 is 2.64 bits per heavy atom. The Bertz CT molecular complexity index is 625. The van der Waals surface area contributed by atoms with E-state index < -0.39 is 0 Å².